The smallest absolute Gasteiger partial charge is 0.197 e. The zero-order valence-electron chi connectivity index (χ0n) is 21.0. The van der Waals surface area contributed by atoms with Crippen LogP contribution in [0.25, 0.3) is 22.3 Å². The van der Waals surface area contributed by atoms with Crippen LogP contribution in [0.2, 0.25) is 0 Å². The maximum atomic E-state index is 13.1. The highest BCUT2D eigenvalue weighted by Gasteiger charge is 2.50. The molecular weight excluding hydrogens is 552 g/mol. The average molecular weight is 580 g/mol. The number of hydrogen-bond donors (Lipinski definition) is 10. The van der Waals surface area contributed by atoms with Crippen LogP contribution in [0, 0.1) is 0 Å². The highest BCUT2D eigenvalue weighted by molar-refractivity contribution is 5.88. The third-order valence-corrected chi connectivity index (χ3v) is 7.17. The van der Waals surface area contributed by atoms with E-state index in [2.05, 4.69) is 0 Å². The lowest BCUT2D eigenvalue weighted by molar-refractivity contribution is -0.325. The zero-order valence-corrected chi connectivity index (χ0v) is 21.0. The predicted molar refractivity (Wildman–Crippen MR) is 134 cm³/mol. The summed E-state index contributed by atoms with van der Waals surface area (Å²) in [6.45, 7) is -1.28. The lowest BCUT2D eigenvalue weighted by Crippen LogP contribution is -2.60. The average Bonchev–Trinajstić information content (AvgIpc) is 2.93. The molecule has 1 aromatic heterocycles. The van der Waals surface area contributed by atoms with Crippen LogP contribution in [0.3, 0.4) is 0 Å². The molecule has 2 aliphatic rings. The van der Waals surface area contributed by atoms with E-state index in [1.165, 1.54) is 6.07 Å². The summed E-state index contributed by atoms with van der Waals surface area (Å²) < 4.78 is 22.2. The number of aliphatic hydroxyl groups is 6. The first-order valence-corrected chi connectivity index (χ1v) is 12.4. The Bertz CT molecular complexity index is 1490. The molecule has 3 heterocycles. The minimum absolute atomic E-state index is 0.0810. The summed E-state index contributed by atoms with van der Waals surface area (Å²) in [4.78, 5) is 13.1. The molecule has 222 valence electrons. The molecule has 0 saturated carbocycles. The van der Waals surface area contributed by atoms with E-state index in [9.17, 15) is 55.9 Å². The van der Waals surface area contributed by atoms with E-state index >= 15 is 0 Å². The van der Waals surface area contributed by atoms with Crippen molar-refractivity contribution in [1.29, 1.82) is 0 Å². The Balaban J connectivity index is 1.59. The normalized spacial score (nSPS) is 32.3. The summed E-state index contributed by atoms with van der Waals surface area (Å²) in [6.07, 6.45) is -15.1. The minimum atomic E-state index is -1.87. The van der Waals surface area contributed by atoms with Crippen LogP contribution < -0.4 is 5.43 Å². The van der Waals surface area contributed by atoms with Gasteiger partial charge in [0.05, 0.1) is 18.8 Å². The van der Waals surface area contributed by atoms with Gasteiger partial charge in [-0.15, -0.1) is 0 Å². The fourth-order valence-electron chi connectivity index (χ4n) is 4.93. The molecule has 3 aromatic rings. The molecule has 41 heavy (non-hydrogen) atoms. The Hall–Kier alpha value is -3.51. The van der Waals surface area contributed by atoms with Crippen molar-refractivity contribution in [2.24, 2.45) is 0 Å². The molecule has 0 aliphatic carbocycles. The maximum absolute atomic E-state index is 13.1. The second-order valence-corrected chi connectivity index (χ2v) is 9.82. The van der Waals surface area contributed by atoms with Crippen molar-refractivity contribution >= 4 is 11.0 Å². The molecular formula is C26H28O15. The molecule has 0 amide bonds. The van der Waals surface area contributed by atoms with Crippen LogP contribution in [-0.2, 0) is 14.2 Å². The number of ether oxygens (including phenoxy) is 3. The van der Waals surface area contributed by atoms with Gasteiger partial charge in [-0.2, -0.15) is 0 Å². The largest absolute Gasteiger partial charge is 0.507 e. The number of hydrogen-bond acceptors (Lipinski definition) is 15. The second-order valence-electron chi connectivity index (χ2n) is 9.82. The molecule has 15 nitrogen and oxygen atoms in total. The van der Waals surface area contributed by atoms with Gasteiger partial charge in [0.2, 0.25) is 0 Å². The van der Waals surface area contributed by atoms with Crippen LogP contribution in [0.5, 0.6) is 23.0 Å². The molecule has 2 fully saturated rings. The van der Waals surface area contributed by atoms with Gasteiger partial charge in [-0.25, -0.2) is 0 Å². The second kappa shape index (κ2) is 11.1. The molecule has 2 aliphatic heterocycles. The third-order valence-electron chi connectivity index (χ3n) is 7.17. The van der Waals surface area contributed by atoms with Gasteiger partial charge >= 0.3 is 0 Å². The molecule has 0 unspecified atom stereocenters. The lowest BCUT2D eigenvalue weighted by atomic mass is 9.89. The summed E-state index contributed by atoms with van der Waals surface area (Å²) in [5, 5.41) is 102. The topological polar surface area (TPSA) is 260 Å². The molecule has 0 bridgehead atoms. The SMILES string of the molecule is O=c1cc(-c2ccc(O)c(O)c2)oc2cc(O)c([C@@H]3O[C@H](CO)[C@@H](O)[C@H](O)[C@H]3O[C@H]3OC[C@H](O)[C@@H](O)[C@@H]3O)c(O)c12. The summed E-state index contributed by atoms with van der Waals surface area (Å²) >= 11 is 0. The van der Waals surface area contributed by atoms with Gasteiger partial charge < -0.3 is 69.7 Å². The Morgan fingerprint density at radius 2 is 1.59 bits per heavy atom. The van der Waals surface area contributed by atoms with Crippen LogP contribution in [0.1, 0.15) is 11.7 Å². The maximum Gasteiger partial charge on any atom is 0.197 e. The molecule has 5 rings (SSSR count). The third kappa shape index (κ3) is 5.07. The van der Waals surface area contributed by atoms with Crippen LogP contribution in [-0.4, -0.2) is 113 Å². The monoisotopic (exact) mass is 580 g/mol. The summed E-state index contributed by atoms with van der Waals surface area (Å²) in [5.41, 5.74) is -1.41. The standard InChI is InChI=1S/C26H28O15/c27-6-16-20(34)22(36)25(41-26-23(37)19(33)13(32)7-38-26)24(40-16)18-12(31)5-15-17(21(18)35)11(30)4-14(39-15)8-1-2-9(28)10(29)3-8/h1-5,13,16,19-20,22-29,31-37H,6-7H2/t13-,16+,19+,20+,22-,23-,24-,25+,26+/m0/s1. The molecule has 9 atom stereocenters. The Labute approximate surface area is 229 Å². The van der Waals surface area contributed by atoms with E-state index in [4.69, 9.17) is 18.6 Å². The summed E-state index contributed by atoms with van der Waals surface area (Å²) in [6, 6.07) is 5.60. The van der Waals surface area contributed by atoms with Crippen molar-refractivity contribution in [1.82, 2.24) is 0 Å². The molecule has 2 aromatic carbocycles. The predicted octanol–water partition coefficient (Wildman–Crippen LogP) is -1.74. The van der Waals surface area contributed by atoms with Gasteiger partial charge in [-0.1, -0.05) is 0 Å². The van der Waals surface area contributed by atoms with Gasteiger partial charge in [-0.05, 0) is 18.2 Å². The van der Waals surface area contributed by atoms with Gasteiger partial charge in [0.15, 0.2) is 23.2 Å². The van der Waals surface area contributed by atoms with Gasteiger partial charge in [-0.3, -0.25) is 4.79 Å². The molecule has 2 saturated heterocycles. The van der Waals surface area contributed by atoms with Crippen molar-refractivity contribution in [3.05, 3.63) is 46.1 Å². The zero-order chi connectivity index (χ0) is 29.7. The van der Waals surface area contributed by atoms with Crippen molar-refractivity contribution < 1.29 is 69.7 Å². The van der Waals surface area contributed by atoms with Crippen LogP contribution >= 0.6 is 0 Å². The number of aromatic hydroxyl groups is 4. The number of rotatable bonds is 5. The Morgan fingerprint density at radius 1 is 0.854 bits per heavy atom. The highest BCUT2D eigenvalue weighted by atomic mass is 16.7. The molecule has 0 radical (unpaired) electrons. The van der Waals surface area contributed by atoms with E-state index in [0.29, 0.717) is 0 Å². The van der Waals surface area contributed by atoms with Gasteiger partial charge in [0, 0.05) is 17.7 Å². The van der Waals surface area contributed by atoms with E-state index in [0.717, 1.165) is 24.3 Å². The van der Waals surface area contributed by atoms with Gasteiger partial charge in [0.1, 0.15) is 77.1 Å². The quantitative estimate of drug-likeness (QED) is 0.150. The molecule has 0 spiro atoms. The number of aliphatic hydroxyl groups excluding tert-OH is 6. The Morgan fingerprint density at radius 3 is 2.27 bits per heavy atom. The fraction of sp³-hybridized carbons (Fsp3) is 0.423. The van der Waals surface area contributed by atoms with Crippen molar-refractivity contribution in [3.8, 4) is 34.3 Å². The number of fused-ring (bicyclic) bond motifs is 1. The van der Waals surface area contributed by atoms with E-state index in [1.807, 2.05) is 0 Å². The fourth-order valence-corrected chi connectivity index (χ4v) is 4.93. The first kappa shape index (κ1) is 29.0. The summed E-state index contributed by atoms with van der Waals surface area (Å²) in [5.74, 6) is -2.55. The highest BCUT2D eigenvalue weighted by Crippen LogP contribution is 2.46. The van der Waals surface area contributed by atoms with E-state index < -0.39 is 108 Å². The van der Waals surface area contributed by atoms with E-state index in [-0.39, 0.29) is 16.9 Å². The minimum Gasteiger partial charge on any atom is -0.507 e. The summed E-state index contributed by atoms with van der Waals surface area (Å²) in [7, 11) is 0. The molecule has 10 N–H and O–H groups in total. The Kier molecular flexibility index (Phi) is 7.82. The first-order chi connectivity index (χ1) is 19.4. The lowest BCUT2D eigenvalue weighted by Gasteiger charge is -2.45. The number of phenols is 4. The van der Waals surface area contributed by atoms with Crippen molar-refractivity contribution in [2.75, 3.05) is 13.2 Å². The van der Waals surface area contributed by atoms with E-state index in [1.54, 1.807) is 0 Å². The first-order valence-electron chi connectivity index (χ1n) is 12.4. The van der Waals surface area contributed by atoms with Crippen molar-refractivity contribution in [3.63, 3.8) is 0 Å². The molecule has 15 heteroatoms. The number of phenolic OH excluding ortho intramolecular Hbond substituents is 4. The van der Waals surface area contributed by atoms with Crippen molar-refractivity contribution in [2.45, 2.75) is 55.1 Å². The van der Waals surface area contributed by atoms with Crippen LogP contribution in [0.4, 0.5) is 0 Å². The van der Waals surface area contributed by atoms with Crippen LogP contribution in [0.15, 0.2) is 39.5 Å². The number of benzene rings is 2. The van der Waals surface area contributed by atoms with Gasteiger partial charge in [0.25, 0.3) is 0 Å².